The molecule has 0 aliphatic rings. The van der Waals surface area contributed by atoms with E-state index in [2.05, 4.69) is 146 Å². The van der Waals surface area contributed by atoms with Crippen molar-refractivity contribution in [1.82, 2.24) is 0 Å². The Balaban J connectivity index is 0.000000256. The molecule has 0 saturated carbocycles. The summed E-state index contributed by atoms with van der Waals surface area (Å²) in [7, 11) is 11.0. The minimum absolute atomic E-state index is 0.588. The first-order valence-electron chi connectivity index (χ1n) is 15.7. The molecular weight excluding hydrogens is 659 g/mol. The van der Waals surface area contributed by atoms with Gasteiger partial charge in [-0.15, -0.1) is 69.1 Å². The van der Waals surface area contributed by atoms with Gasteiger partial charge in [0.25, 0.3) is 0 Å². The Kier molecular flexibility index (Phi) is 17.4. The first-order valence-corrected chi connectivity index (χ1v) is 24.0. The topological polar surface area (TPSA) is 0 Å². The standard InChI is InChI=1S/C20H21.C17H23.C2H6Si.2ClH.Zr/c1-4-15-12-18-6-5-7-19(20(18)13-15)17-10-8-16(9-11-17)14(2)3;1-5-12(3)15-10-14-8-7-9-16(13(4)6-2)17(14)11-15;1-3-2;;;/h5-14H,4H2,1-3H3;7-13H,5-6H2,1-4H3;1-2H3;2*1H;/q2*-1;;;;+4/p-2. The second kappa shape index (κ2) is 19.8. The van der Waals surface area contributed by atoms with Crippen molar-refractivity contribution in [2.45, 2.75) is 98.6 Å². The van der Waals surface area contributed by atoms with E-state index in [0.29, 0.717) is 17.8 Å². The second-order valence-corrected chi connectivity index (χ2v) is 16.4. The molecule has 4 heteroatoms. The zero-order chi connectivity index (χ0) is 31.9. The molecule has 5 rings (SSSR count). The molecule has 2 unspecified atom stereocenters. The summed E-state index contributed by atoms with van der Waals surface area (Å²) in [5, 5.41) is 5.61. The summed E-state index contributed by atoms with van der Waals surface area (Å²) in [6, 6.07) is 31.8. The third-order valence-electron chi connectivity index (χ3n) is 8.24. The SMILES string of the molecule is CCC(C)c1cc2c(C(C)CC)cccc2[cH-]1.CCc1cc2c(-c3ccc(C(C)C)cc3)cccc2[cH-]1.C[Si]C.[Cl][Zr+2][Cl]. The van der Waals surface area contributed by atoms with E-state index in [4.69, 9.17) is 17.0 Å². The average Bonchev–Trinajstić information content (AvgIpc) is 3.66. The quantitative estimate of drug-likeness (QED) is 0.117. The van der Waals surface area contributed by atoms with E-state index in [0.717, 1.165) is 15.9 Å². The zero-order valence-electron chi connectivity index (χ0n) is 27.7. The molecule has 0 aliphatic heterocycles. The zero-order valence-corrected chi connectivity index (χ0v) is 32.7. The number of fused-ring (bicyclic) bond motifs is 2. The van der Waals surface area contributed by atoms with E-state index >= 15 is 0 Å². The van der Waals surface area contributed by atoms with Crippen molar-refractivity contribution in [3.63, 3.8) is 0 Å². The molecule has 0 N–H and O–H groups in total. The fourth-order valence-corrected chi connectivity index (χ4v) is 5.25. The van der Waals surface area contributed by atoms with Gasteiger partial charge in [-0.2, -0.15) is 12.1 Å². The molecule has 0 amide bonds. The summed E-state index contributed by atoms with van der Waals surface area (Å²) in [5.41, 5.74) is 8.49. The van der Waals surface area contributed by atoms with Crippen molar-refractivity contribution >= 4 is 48.1 Å². The molecule has 0 spiro atoms. The summed E-state index contributed by atoms with van der Waals surface area (Å²) >= 11 is -0.826. The van der Waals surface area contributed by atoms with Crippen LogP contribution in [-0.4, -0.2) is 9.52 Å². The number of rotatable bonds is 7. The molecule has 5 aromatic carbocycles. The molecule has 0 aliphatic carbocycles. The minimum atomic E-state index is -0.826. The van der Waals surface area contributed by atoms with Crippen LogP contribution in [0.5, 0.6) is 0 Å². The number of benzene rings is 3. The van der Waals surface area contributed by atoms with Crippen molar-refractivity contribution < 1.29 is 20.8 Å². The van der Waals surface area contributed by atoms with Gasteiger partial charge < -0.3 is 0 Å². The summed E-state index contributed by atoms with van der Waals surface area (Å²) in [6.45, 7) is 20.2. The van der Waals surface area contributed by atoms with Gasteiger partial charge in [0.2, 0.25) is 0 Å². The molecule has 0 saturated heterocycles. The molecule has 0 aromatic heterocycles. The number of halogens is 2. The Morgan fingerprint density at radius 2 is 1.28 bits per heavy atom. The number of hydrogen-bond donors (Lipinski definition) is 0. The average molecular weight is 709 g/mol. The molecule has 2 radical (unpaired) electrons. The molecule has 0 heterocycles. The first-order chi connectivity index (χ1) is 20.7. The summed E-state index contributed by atoms with van der Waals surface area (Å²) < 4.78 is 0. The van der Waals surface area contributed by atoms with Crippen LogP contribution in [0.2, 0.25) is 13.1 Å². The van der Waals surface area contributed by atoms with Crippen LogP contribution in [-0.2, 0) is 27.3 Å². The predicted molar refractivity (Wildman–Crippen MR) is 195 cm³/mol. The van der Waals surface area contributed by atoms with Crippen molar-refractivity contribution in [2.24, 2.45) is 0 Å². The monoisotopic (exact) mass is 706 g/mol. The third kappa shape index (κ3) is 10.8. The van der Waals surface area contributed by atoms with Crippen LogP contribution in [0.25, 0.3) is 32.7 Å². The van der Waals surface area contributed by atoms with Gasteiger partial charge in [-0.3, -0.25) is 0 Å². The summed E-state index contributed by atoms with van der Waals surface area (Å²) in [6.07, 6.45) is 3.53. The molecule has 0 nitrogen and oxygen atoms in total. The van der Waals surface area contributed by atoms with E-state index in [-0.39, 0.29) is 0 Å². The van der Waals surface area contributed by atoms with E-state index in [1.165, 1.54) is 67.8 Å². The maximum absolute atomic E-state index is 4.93. The van der Waals surface area contributed by atoms with Gasteiger partial charge in [0.05, 0.1) is 0 Å². The van der Waals surface area contributed by atoms with Gasteiger partial charge in [0.1, 0.15) is 0 Å². The van der Waals surface area contributed by atoms with Crippen molar-refractivity contribution in [3.8, 4) is 11.1 Å². The fourth-order valence-electron chi connectivity index (χ4n) is 5.25. The third-order valence-corrected chi connectivity index (χ3v) is 8.24. The van der Waals surface area contributed by atoms with E-state index < -0.39 is 20.8 Å². The van der Waals surface area contributed by atoms with Gasteiger partial charge in [-0.25, -0.2) is 0 Å². The van der Waals surface area contributed by atoms with E-state index in [1.54, 1.807) is 0 Å². The number of aryl methyl sites for hydroxylation is 1. The van der Waals surface area contributed by atoms with Gasteiger partial charge >= 0.3 is 37.9 Å². The van der Waals surface area contributed by atoms with Crippen molar-refractivity contribution in [3.05, 3.63) is 107 Å². The van der Waals surface area contributed by atoms with Gasteiger partial charge in [0, 0.05) is 9.52 Å². The van der Waals surface area contributed by atoms with Crippen LogP contribution in [0.15, 0.2) is 84.9 Å². The molecule has 0 fully saturated rings. The second-order valence-electron chi connectivity index (χ2n) is 11.6. The van der Waals surface area contributed by atoms with Crippen LogP contribution in [0.4, 0.5) is 0 Å². The maximum atomic E-state index is 4.93. The van der Waals surface area contributed by atoms with Crippen molar-refractivity contribution in [1.29, 1.82) is 0 Å². The predicted octanol–water partition coefficient (Wildman–Crippen LogP) is 13.7. The Labute approximate surface area is 283 Å². The van der Waals surface area contributed by atoms with Crippen LogP contribution in [0, 0.1) is 0 Å². The Hall–Kier alpha value is -1.44. The summed E-state index contributed by atoms with van der Waals surface area (Å²) in [4.78, 5) is 0. The Morgan fingerprint density at radius 3 is 1.81 bits per heavy atom. The molecule has 43 heavy (non-hydrogen) atoms. The van der Waals surface area contributed by atoms with E-state index in [1.807, 2.05) is 0 Å². The first kappa shape index (κ1) is 37.7. The molecule has 2 atom stereocenters. The van der Waals surface area contributed by atoms with Crippen LogP contribution in [0.3, 0.4) is 0 Å². The molecule has 0 bridgehead atoms. The Morgan fingerprint density at radius 1 is 0.721 bits per heavy atom. The van der Waals surface area contributed by atoms with Gasteiger partial charge in [-0.05, 0) is 35.3 Å². The van der Waals surface area contributed by atoms with Gasteiger partial charge in [-0.1, -0.05) is 122 Å². The normalized spacial score (nSPS) is 11.9. The van der Waals surface area contributed by atoms with Crippen LogP contribution < -0.4 is 0 Å². The summed E-state index contributed by atoms with van der Waals surface area (Å²) in [5.74, 6) is 1.92. The van der Waals surface area contributed by atoms with Crippen molar-refractivity contribution in [2.75, 3.05) is 0 Å². The Bertz CT molecular complexity index is 1480. The fraction of sp³-hybridized carbons (Fsp3) is 0.385. The molecule has 228 valence electrons. The van der Waals surface area contributed by atoms with E-state index in [9.17, 15) is 0 Å². The van der Waals surface area contributed by atoms with Gasteiger partial charge in [0.15, 0.2) is 0 Å². The molecule has 5 aromatic rings. The number of hydrogen-bond acceptors (Lipinski definition) is 0. The molecular formula is C39H50Cl2SiZr. The van der Waals surface area contributed by atoms with Crippen LogP contribution >= 0.6 is 17.0 Å². The van der Waals surface area contributed by atoms with Crippen LogP contribution in [0.1, 0.15) is 101 Å².